The van der Waals surface area contributed by atoms with Crippen LogP contribution in [-0.2, 0) is 19.0 Å². The van der Waals surface area contributed by atoms with Gasteiger partial charge in [0.15, 0.2) is 11.5 Å². The van der Waals surface area contributed by atoms with Crippen molar-refractivity contribution in [2.45, 2.75) is 50.4 Å². The van der Waals surface area contributed by atoms with Gasteiger partial charge >= 0.3 is 0 Å². The number of methoxy groups -OCH3 is 2. The Kier molecular flexibility index (Phi) is 4.64. The minimum Gasteiger partial charge on any atom is -0.504 e. The third kappa shape index (κ3) is 2.74. The molecule has 1 saturated heterocycles. The van der Waals surface area contributed by atoms with Crippen LogP contribution in [0.2, 0.25) is 0 Å². The lowest BCUT2D eigenvalue weighted by molar-refractivity contribution is -0.113. The number of hydrogen-bond acceptors (Lipinski definition) is 6. The Bertz CT molecular complexity index is 537. The van der Waals surface area contributed by atoms with Crippen LogP contribution in [0.1, 0.15) is 32.1 Å². The predicted molar refractivity (Wildman–Crippen MR) is 81.9 cm³/mol. The molecule has 3 aliphatic rings. The van der Waals surface area contributed by atoms with Gasteiger partial charge in [0.2, 0.25) is 0 Å². The third-order valence-electron chi connectivity index (χ3n) is 5.45. The summed E-state index contributed by atoms with van der Waals surface area (Å²) in [6.07, 6.45) is 4.15. The lowest BCUT2D eigenvalue weighted by atomic mass is 9.76. The minimum absolute atomic E-state index is 0.0378. The predicted octanol–water partition coefficient (Wildman–Crippen LogP) is 2.41. The molecule has 1 saturated carbocycles. The Hall–Kier alpha value is -1.53. The highest BCUT2D eigenvalue weighted by Crippen LogP contribution is 2.46. The summed E-state index contributed by atoms with van der Waals surface area (Å²) in [6.45, 7) is 0. The monoisotopic (exact) mass is 324 g/mol. The number of aliphatic hydroxyl groups excluding tert-OH is 2. The summed E-state index contributed by atoms with van der Waals surface area (Å²) in [5.41, 5.74) is 0.601. The van der Waals surface area contributed by atoms with Gasteiger partial charge in [-0.05, 0) is 25.2 Å². The highest BCUT2D eigenvalue weighted by Gasteiger charge is 2.49. The highest BCUT2D eigenvalue weighted by molar-refractivity contribution is 5.58. The first-order valence-electron chi connectivity index (χ1n) is 8.12. The summed E-state index contributed by atoms with van der Waals surface area (Å²) in [7, 11) is 3.16. The van der Waals surface area contributed by atoms with Crippen molar-refractivity contribution in [1.29, 1.82) is 0 Å². The van der Waals surface area contributed by atoms with Gasteiger partial charge in [0.25, 0.3) is 0 Å². The smallest absolute Gasteiger partial charge is 0.196 e. The van der Waals surface area contributed by atoms with Crippen molar-refractivity contribution in [3.05, 3.63) is 22.9 Å². The Morgan fingerprint density at radius 2 is 1.96 bits per heavy atom. The maximum atomic E-state index is 11.7. The quantitative estimate of drug-likeness (QED) is 0.773. The lowest BCUT2D eigenvalue weighted by Crippen LogP contribution is -2.33. The van der Waals surface area contributed by atoms with Crippen LogP contribution in [0.15, 0.2) is 22.9 Å². The minimum atomic E-state index is -0.473. The lowest BCUT2D eigenvalue weighted by Gasteiger charge is -2.30. The summed E-state index contributed by atoms with van der Waals surface area (Å²) in [4.78, 5) is 11.7. The van der Waals surface area contributed by atoms with Crippen LogP contribution < -0.4 is 0 Å². The fraction of sp³-hybridized carbons (Fsp3) is 0.706. The number of allylic oxidation sites excluding steroid dienone is 1. The molecule has 0 aromatic heterocycles. The van der Waals surface area contributed by atoms with Crippen molar-refractivity contribution in [2.75, 3.05) is 14.2 Å². The molecule has 5 unspecified atom stereocenters. The fourth-order valence-corrected chi connectivity index (χ4v) is 4.16. The number of carbonyl (C=O) groups is 1. The van der Waals surface area contributed by atoms with Gasteiger partial charge in [-0.2, -0.15) is 0 Å². The van der Waals surface area contributed by atoms with E-state index in [1.165, 1.54) is 7.11 Å². The van der Waals surface area contributed by atoms with E-state index >= 15 is 0 Å². The van der Waals surface area contributed by atoms with Crippen molar-refractivity contribution in [2.24, 2.45) is 11.8 Å². The van der Waals surface area contributed by atoms with Gasteiger partial charge in [0.05, 0.1) is 31.3 Å². The first-order valence-corrected chi connectivity index (χ1v) is 8.12. The molecule has 128 valence electrons. The summed E-state index contributed by atoms with van der Waals surface area (Å²) < 4.78 is 16.6. The molecule has 6 nitrogen and oxygen atoms in total. The molecule has 23 heavy (non-hydrogen) atoms. The van der Waals surface area contributed by atoms with Gasteiger partial charge < -0.3 is 29.2 Å². The fourth-order valence-electron chi connectivity index (χ4n) is 4.16. The summed E-state index contributed by atoms with van der Waals surface area (Å²) in [6, 6.07) is 0. The third-order valence-corrected chi connectivity index (χ3v) is 5.45. The number of rotatable bonds is 4. The second-order valence-electron chi connectivity index (χ2n) is 6.49. The van der Waals surface area contributed by atoms with E-state index in [0.717, 1.165) is 25.5 Å². The van der Waals surface area contributed by atoms with E-state index in [-0.39, 0.29) is 35.6 Å². The number of ether oxygens (including phenoxy) is 3. The van der Waals surface area contributed by atoms with Crippen molar-refractivity contribution in [1.82, 2.24) is 0 Å². The van der Waals surface area contributed by atoms with E-state index in [9.17, 15) is 15.0 Å². The van der Waals surface area contributed by atoms with E-state index in [2.05, 4.69) is 0 Å². The topological polar surface area (TPSA) is 85.2 Å². The standard InChI is InChI=1S/C17H24O6/c1-21-9-3-4-10-12(8-18)17(23-14(10)7-9)11-5-6-13(22-2)16(20)15(11)19/h8-10,12,14,17,19-20H,3-7H2,1-2H3. The Morgan fingerprint density at radius 1 is 1.17 bits per heavy atom. The second-order valence-corrected chi connectivity index (χ2v) is 6.49. The molecular formula is C17H24O6. The van der Waals surface area contributed by atoms with Gasteiger partial charge in [-0.3, -0.25) is 0 Å². The van der Waals surface area contributed by atoms with Crippen molar-refractivity contribution in [3.63, 3.8) is 0 Å². The van der Waals surface area contributed by atoms with Crippen LogP contribution in [0.25, 0.3) is 0 Å². The highest BCUT2D eigenvalue weighted by atomic mass is 16.5. The van der Waals surface area contributed by atoms with Crippen LogP contribution in [0.3, 0.4) is 0 Å². The summed E-state index contributed by atoms with van der Waals surface area (Å²) in [5, 5.41) is 20.4. The molecule has 0 aromatic carbocycles. The van der Waals surface area contributed by atoms with Crippen LogP contribution >= 0.6 is 0 Å². The molecule has 0 bridgehead atoms. The van der Waals surface area contributed by atoms with Crippen LogP contribution in [0, 0.1) is 11.8 Å². The molecule has 5 atom stereocenters. The molecule has 6 heteroatoms. The van der Waals surface area contributed by atoms with Gasteiger partial charge in [-0.15, -0.1) is 0 Å². The first-order chi connectivity index (χ1) is 11.1. The van der Waals surface area contributed by atoms with Crippen LogP contribution in [0.5, 0.6) is 0 Å². The zero-order chi connectivity index (χ0) is 16.6. The summed E-state index contributed by atoms with van der Waals surface area (Å²) in [5.74, 6) is -0.215. The maximum absolute atomic E-state index is 11.7. The van der Waals surface area contributed by atoms with E-state index in [4.69, 9.17) is 14.2 Å². The molecule has 3 rings (SSSR count). The average Bonchev–Trinajstić information content (AvgIpc) is 2.94. The average molecular weight is 324 g/mol. The zero-order valence-corrected chi connectivity index (χ0v) is 13.5. The second kappa shape index (κ2) is 6.53. The van der Waals surface area contributed by atoms with E-state index in [1.807, 2.05) is 0 Å². The number of fused-ring (bicyclic) bond motifs is 1. The largest absolute Gasteiger partial charge is 0.504 e. The number of carbonyl (C=O) groups excluding carboxylic acids is 1. The number of aliphatic hydroxyl groups is 2. The Morgan fingerprint density at radius 3 is 2.61 bits per heavy atom. The molecule has 1 heterocycles. The number of aldehydes is 1. The zero-order valence-electron chi connectivity index (χ0n) is 13.5. The van der Waals surface area contributed by atoms with Gasteiger partial charge in [0.1, 0.15) is 12.0 Å². The molecule has 1 aliphatic heterocycles. The SMILES string of the molecule is COC1=C(O)C(O)=C(C2OC3CC(OC)CCC3C2C=O)CC1. The van der Waals surface area contributed by atoms with Crippen molar-refractivity contribution < 1.29 is 29.2 Å². The van der Waals surface area contributed by atoms with Crippen LogP contribution in [-0.4, -0.2) is 49.0 Å². The number of hydrogen-bond donors (Lipinski definition) is 2. The van der Waals surface area contributed by atoms with Crippen molar-refractivity contribution in [3.8, 4) is 0 Å². The Balaban J connectivity index is 1.87. The molecule has 0 amide bonds. The van der Waals surface area contributed by atoms with Gasteiger partial charge in [0, 0.05) is 25.5 Å². The molecule has 0 aromatic rings. The van der Waals surface area contributed by atoms with Crippen LogP contribution in [0.4, 0.5) is 0 Å². The molecule has 0 spiro atoms. The van der Waals surface area contributed by atoms with Crippen molar-refractivity contribution >= 4 is 6.29 Å². The summed E-state index contributed by atoms with van der Waals surface area (Å²) >= 11 is 0. The molecular weight excluding hydrogens is 300 g/mol. The molecule has 0 radical (unpaired) electrons. The van der Waals surface area contributed by atoms with Gasteiger partial charge in [-0.1, -0.05) is 0 Å². The first kappa shape index (κ1) is 16.3. The van der Waals surface area contributed by atoms with E-state index in [1.54, 1.807) is 7.11 Å². The van der Waals surface area contributed by atoms with Gasteiger partial charge in [-0.25, -0.2) is 0 Å². The Labute approximate surface area is 135 Å². The molecule has 2 aliphatic carbocycles. The molecule has 2 fully saturated rings. The maximum Gasteiger partial charge on any atom is 0.196 e. The van der Waals surface area contributed by atoms with E-state index in [0.29, 0.717) is 24.2 Å². The van der Waals surface area contributed by atoms with E-state index < -0.39 is 6.10 Å². The normalized spacial score (nSPS) is 37.7. The molecule has 2 N–H and O–H groups in total.